The molecular weight excluding hydrogens is 620 g/mol. The van der Waals surface area contributed by atoms with Crippen LogP contribution in [0.25, 0.3) is 0 Å². The maximum atomic E-state index is 11.8. The number of ether oxygens (including phenoxy) is 4. The summed E-state index contributed by atoms with van der Waals surface area (Å²) in [5.74, 6) is 1.03. The van der Waals surface area contributed by atoms with Crippen LogP contribution in [0.4, 0.5) is 11.4 Å². The third-order valence-corrected chi connectivity index (χ3v) is 7.74. The minimum Gasteiger partial charge on any atom is -0.492 e. The van der Waals surface area contributed by atoms with Gasteiger partial charge in [-0.25, -0.2) is 9.59 Å². The van der Waals surface area contributed by atoms with Gasteiger partial charge < -0.3 is 34.7 Å². The molecule has 0 radical (unpaired) electrons. The Balaban J connectivity index is 0.000000221. The minimum absolute atomic E-state index is 0.250. The maximum Gasteiger partial charge on any atom is 0.333 e. The van der Waals surface area contributed by atoms with Gasteiger partial charge in [0.2, 0.25) is 0 Å². The fourth-order valence-corrected chi connectivity index (χ4v) is 5.25. The van der Waals surface area contributed by atoms with Crippen molar-refractivity contribution in [2.75, 3.05) is 24.7 Å². The number of carbonyl (C=O) groups is 2. The highest BCUT2D eigenvalue weighted by atomic mass is 16.5. The zero-order chi connectivity index (χ0) is 34.4. The summed E-state index contributed by atoms with van der Waals surface area (Å²) >= 11 is 0. The predicted molar refractivity (Wildman–Crippen MR) is 188 cm³/mol. The van der Waals surface area contributed by atoms with Crippen molar-refractivity contribution in [3.8, 4) is 17.2 Å². The highest BCUT2D eigenvalue weighted by Gasteiger charge is 2.23. The van der Waals surface area contributed by atoms with Crippen LogP contribution in [0.2, 0.25) is 0 Å². The van der Waals surface area contributed by atoms with E-state index < -0.39 is 24.1 Å². The summed E-state index contributed by atoms with van der Waals surface area (Å²) < 4.78 is 22.4. The number of esters is 1. The molecule has 3 N–H and O–H groups in total. The smallest absolute Gasteiger partial charge is 0.333 e. The second-order valence-corrected chi connectivity index (χ2v) is 11.1. The van der Waals surface area contributed by atoms with Gasteiger partial charge in [-0.3, -0.25) is 0 Å². The van der Waals surface area contributed by atoms with E-state index in [0.717, 1.165) is 45.3 Å². The Kier molecular flexibility index (Phi) is 12.4. The standard InChI is InChI=1S/C25H25NO5.C15H15NO2/c1-2-29-24(25(27)28)17-18-11-13-19(14-12-18)30-16-15-26-20-7-3-5-9-22(20)31-23-10-6-4-8-21(23)26;16-14(13-9-5-2-6-10-13)15(17)18-11-12-7-3-1-4-8-12/h3-14,24H,2,15-17H2,1H3,(H,27,28);1-10,14H,11,16H2/t24-;/m0./s1. The van der Waals surface area contributed by atoms with Gasteiger partial charge in [-0.05, 0) is 60.0 Å². The van der Waals surface area contributed by atoms with Crippen molar-refractivity contribution >= 4 is 23.3 Å². The summed E-state index contributed by atoms with van der Waals surface area (Å²) in [4.78, 5) is 25.2. The monoisotopic (exact) mass is 660 g/mol. The van der Waals surface area contributed by atoms with Crippen LogP contribution >= 0.6 is 0 Å². The first-order valence-electron chi connectivity index (χ1n) is 16.1. The van der Waals surface area contributed by atoms with Crippen LogP contribution in [0.3, 0.4) is 0 Å². The summed E-state index contributed by atoms with van der Waals surface area (Å²) in [7, 11) is 0. The number of carboxylic acids is 1. The maximum absolute atomic E-state index is 11.8. The summed E-state index contributed by atoms with van der Waals surface area (Å²) in [6.45, 7) is 3.55. The molecule has 5 aromatic rings. The van der Waals surface area contributed by atoms with E-state index >= 15 is 0 Å². The average molecular weight is 661 g/mol. The van der Waals surface area contributed by atoms with Gasteiger partial charge in [0, 0.05) is 13.0 Å². The van der Waals surface area contributed by atoms with Crippen molar-refractivity contribution in [1.29, 1.82) is 0 Å². The molecule has 9 nitrogen and oxygen atoms in total. The third-order valence-electron chi connectivity index (χ3n) is 7.74. The van der Waals surface area contributed by atoms with Crippen LogP contribution in [0.5, 0.6) is 17.2 Å². The zero-order valence-electron chi connectivity index (χ0n) is 27.3. The number of fused-ring (bicyclic) bond motifs is 2. The van der Waals surface area contributed by atoms with Gasteiger partial charge in [0.15, 0.2) is 17.6 Å². The molecule has 1 heterocycles. The molecule has 0 saturated heterocycles. The molecule has 1 aliphatic heterocycles. The number of benzene rings is 5. The van der Waals surface area contributed by atoms with Gasteiger partial charge in [-0.2, -0.15) is 0 Å². The quantitative estimate of drug-likeness (QED) is 0.124. The number of nitrogens with two attached hydrogens (primary N) is 1. The number of aliphatic carboxylic acids is 1. The predicted octanol–water partition coefficient (Wildman–Crippen LogP) is 7.47. The lowest BCUT2D eigenvalue weighted by Crippen LogP contribution is -2.26. The van der Waals surface area contributed by atoms with Gasteiger partial charge in [0.05, 0.1) is 17.9 Å². The first-order chi connectivity index (χ1) is 23.9. The first-order valence-corrected chi connectivity index (χ1v) is 16.1. The first kappa shape index (κ1) is 34.7. The second kappa shape index (κ2) is 17.5. The summed E-state index contributed by atoms with van der Waals surface area (Å²) in [5.41, 5.74) is 10.5. The van der Waals surface area contributed by atoms with Crippen LogP contribution in [0.15, 0.2) is 133 Å². The summed E-state index contributed by atoms with van der Waals surface area (Å²) in [6, 6.07) is 41.4. The van der Waals surface area contributed by atoms with E-state index in [2.05, 4.69) is 4.90 Å². The summed E-state index contributed by atoms with van der Waals surface area (Å²) in [6.07, 6.45) is -0.511. The molecule has 2 atom stereocenters. The molecule has 6 rings (SSSR count). The van der Waals surface area contributed by atoms with Crippen molar-refractivity contribution in [1.82, 2.24) is 0 Å². The second-order valence-electron chi connectivity index (χ2n) is 11.1. The molecule has 0 aliphatic carbocycles. The average Bonchev–Trinajstić information content (AvgIpc) is 3.14. The number of carbonyl (C=O) groups excluding carboxylic acids is 1. The number of rotatable bonds is 13. The fraction of sp³-hybridized carbons (Fsp3) is 0.200. The van der Waals surface area contributed by atoms with E-state index in [1.54, 1.807) is 6.92 Å². The molecule has 9 heteroatoms. The number of carboxylic acid groups (broad SMARTS) is 1. The number of nitrogens with zero attached hydrogens (tertiary/aromatic N) is 1. The van der Waals surface area contributed by atoms with E-state index in [1.165, 1.54) is 0 Å². The Morgan fingerprint density at radius 2 is 1.33 bits per heavy atom. The van der Waals surface area contributed by atoms with E-state index in [-0.39, 0.29) is 6.61 Å². The van der Waals surface area contributed by atoms with Crippen LogP contribution in [-0.4, -0.2) is 42.9 Å². The highest BCUT2D eigenvalue weighted by molar-refractivity contribution is 5.78. The molecule has 0 bridgehead atoms. The van der Waals surface area contributed by atoms with E-state index in [4.69, 9.17) is 24.7 Å². The lowest BCUT2D eigenvalue weighted by molar-refractivity contribution is -0.150. The lowest BCUT2D eigenvalue weighted by atomic mass is 10.1. The number of para-hydroxylation sites is 4. The lowest BCUT2D eigenvalue weighted by Gasteiger charge is -2.32. The van der Waals surface area contributed by atoms with Crippen molar-refractivity contribution < 1.29 is 33.6 Å². The topological polar surface area (TPSA) is 121 Å². The molecular formula is C40H40N2O7. The molecule has 0 fully saturated rings. The van der Waals surface area contributed by atoms with E-state index in [0.29, 0.717) is 26.2 Å². The normalized spacial score (nSPS) is 12.6. The van der Waals surface area contributed by atoms with Crippen LogP contribution in [-0.2, 0) is 32.1 Å². The zero-order valence-corrected chi connectivity index (χ0v) is 27.3. The van der Waals surface area contributed by atoms with E-state index in [1.807, 2.05) is 133 Å². The number of hydrogen-bond acceptors (Lipinski definition) is 8. The third kappa shape index (κ3) is 9.70. The highest BCUT2D eigenvalue weighted by Crippen LogP contribution is 2.45. The Labute approximate surface area is 286 Å². The fourth-order valence-electron chi connectivity index (χ4n) is 5.25. The number of anilines is 2. The SMILES string of the molecule is CCO[C@@H](Cc1ccc(OCCN2c3ccccc3Oc3ccccc32)cc1)C(=O)O.NC(C(=O)OCc1ccccc1)c1ccccc1. The summed E-state index contributed by atoms with van der Waals surface area (Å²) in [5, 5.41) is 9.24. The van der Waals surface area contributed by atoms with Crippen LogP contribution < -0.4 is 20.1 Å². The molecule has 252 valence electrons. The van der Waals surface area contributed by atoms with Crippen molar-refractivity contribution in [2.24, 2.45) is 5.73 Å². The van der Waals surface area contributed by atoms with Gasteiger partial charge in [-0.1, -0.05) is 97.1 Å². The van der Waals surface area contributed by atoms with Gasteiger partial charge >= 0.3 is 11.9 Å². The number of hydrogen-bond donors (Lipinski definition) is 2. The molecule has 1 unspecified atom stereocenters. The molecule has 0 aromatic heterocycles. The van der Waals surface area contributed by atoms with Crippen LogP contribution in [0.1, 0.15) is 29.7 Å². The molecule has 0 amide bonds. The Morgan fingerprint density at radius 3 is 1.92 bits per heavy atom. The van der Waals surface area contributed by atoms with Gasteiger partial charge in [0.25, 0.3) is 0 Å². The van der Waals surface area contributed by atoms with Crippen molar-refractivity contribution in [2.45, 2.75) is 32.1 Å². The van der Waals surface area contributed by atoms with Crippen molar-refractivity contribution in [3.05, 3.63) is 150 Å². The Morgan fingerprint density at radius 1 is 0.755 bits per heavy atom. The van der Waals surface area contributed by atoms with E-state index in [9.17, 15) is 14.7 Å². The molecule has 1 aliphatic rings. The molecule has 5 aromatic carbocycles. The largest absolute Gasteiger partial charge is 0.492 e. The van der Waals surface area contributed by atoms with Gasteiger partial charge in [0.1, 0.15) is 25.0 Å². The molecule has 49 heavy (non-hydrogen) atoms. The molecule has 0 spiro atoms. The minimum atomic E-state index is -0.951. The van der Waals surface area contributed by atoms with Crippen LogP contribution in [0, 0.1) is 0 Å². The molecule has 0 saturated carbocycles. The Bertz CT molecular complexity index is 1740. The van der Waals surface area contributed by atoms with Gasteiger partial charge in [-0.15, -0.1) is 0 Å². The Hall–Kier alpha value is -5.64. The van der Waals surface area contributed by atoms with Crippen molar-refractivity contribution in [3.63, 3.8) is 0 Å².